The second kappa shape index (κ2) is 7.28. The minimum absolute atomic E-state index is 0.182. The maximum atomic E-state index is 11.1. The highest BCUT2D eigenvalue weighted by Gasteiger charge is 2.10. The zero-order valence-electron chi connectivity index (χ0n) is 11.0. The van der Waals surface area contributed by atoms with Crippen LogP contribution in [0.25, 0.3) is 10.8 Å². The second-order valence-electron chi connectivity index (χ2n) is 3.92. The Hall–Kier alpha value is -2.20. The van der Waals surface area contributed by atoms with E-state index in [1.165, 1.54) is 0 Å². The molecule has 4 heteroatoms. The molecule has 4 nitrogen and oxygen atoms in total. The van der Waals surface area contributed by atoms with Gasteiger partial charge in [-0.15, -0.1) is 0 Å². The van der Waals surface area contributed by atoms with E-state index in [1.54, 1.807) is 0 Å². The smallest absolute Gasteiger partial charge is 0.284 e. The molecule has 0 fully saturated rings. The maximum absolute atomic E-state index is 11.1. The monoisotopic (exact) mass is 259 g/mol. The topological polar surface area (TPSA) is 66.4 Å². The van der Waals surface area contributed by atoms with Gasteiger partial charge < -0.3 is 10.4 Å². The first-order chi connectivity index (χ1) is 9.22. The lowest BCUT2D eigenvalue weighted by atomic mass is 10.00. The second-order valence-corrected chi connectivity index (χ2v) is 3.92. The van der Waals surface area contributed by atoms with Crippen molar-refractivity contribution in [2.24, 2.45) is 0 Å². The van der Waals surface area contributed by atoms with Crippen molar-refractivity contribution in [3.8, 4) is 0 Å². The third-order valence-corrected chi connectivity index (χ3v) is 2.76. The fraction of sp³-hybridized carbons (Fsp3) is 0.200. The van der Waals surface area contributed by atoms with E-state index in [0.717, 1.165) is 23.4 Å². The number of aldehydes is 1. The van der Waals surface area contributed by atoms with Gasteiger partial charge in [0.25, 0.3) is 5.91 Å². The van der Waals surface area contributed by atoms with E-state index >= 15 is 0 Å². The van der Waals surface area contributed by atoms with Crippen molar-refractivity contribution >= 4 is 23.0 Å². The van der Waals surface area contributed by atoms with Crippen LogP contribution in [0.2, 0.25) is 0 Å². The summed E-state index contributed by atoms with van der Waals surface area (Å²) in [5.74, 6) is -0.592. The summed E-state index contributed by atoms with van der Waals surface area (Å²) in [7, 11) is 1.00. The first-order valence-corrected chi connectivity index (χ1v) is 5.90. The van der Waals surface area contributed by atoms with E-state index in [-0.39, 0.29) is 6.04 Å². The molecule has 0 aliphatic carbocycles. The molecule has 0 spiro atoms. The van der Waals surface area contributed by atoms with Gasteiger partial charge in [0, 0.05) is 7.11 Å². The minimum Gasteiger partial charge on any atom is -0.400 e. The zero-order valence-corrected chi connectivity index (χ0v) is 11.0. The SMILES string of the molecule is CC(NC(=O)C=O)c1cccc2ccccc12.CO. The first-order valence-electron chi connectivity index (χ1n) is 5.90. The highest BCUT2D eigenvalue weighted by Crippen LogP contribution is 2.23. The number of nitrogens with one attached hydrogen (secondary N) is 1. The molecule has 0 saturated carbocycles. The fourth-order valence-electron chi connectivity index (χ4n) is 1.95. The average molecular weight is 259 g/mol. The number of carbonyl (C=O) groups excluding carboxylic acids is 2. The lowest BCUT2D eigenvalue weighted by molar-refractivity contribution is -0.131. The lowest BCUT2D eigenvalue weighted by Crippen LogP contribution is -2.27. The van der Waals surface area contributed by atoms with E-state index in [9.17, 15) is 9.59 Å². The van der Waals surface area contributed by atoms with E-state index in [0.29, 0.717) is 6.29 Å². The Morgan fingerprint density at radius 2 is 1.79 bits per heavy atom. The predicted octanol–water partition coefficient (Wildman–Crippen LogP) is 1.82. The van der Waals surface area contributed by atoms with Crippen LogP contribution >= 0.6 is 0 Å². The Kier molecular flexibility index (Phi) is 5.70. The molecule has 1 amide bonds. The normalized spacial score (nSPS) is 11.1. The maximum Gasteiger partial charge on any atom is 0.284 e. The number of hydrogen-bond acceptors (Lipinski definition) is 3. The summed E-state index contributed by atoms with van der Waals surface area (Å²) in [5, 5.41) is 11.8. The summed E-state index contributed by atoms with van der Waals surface area (Å²) < 4.78 is 0. The summed E-state index contributed by atoms with van der Waals surface area (Å²) in [5.41, 5.74) is 1.01. The average Bonchev–Trinajstić information content (AvgIpc) is 2.48. The molecule has 0 aromatic heterocycles. The van der Waals surface area contributed by atoms with Crippen LogP contribution in [-0.4, -0.2) is 24.4 Å². The van der Waals surface area contributed by atoms with Gasteiger partial charge in [0.05, 0.1) is 6.04 Å². The van der Waals surface area contributed by atoms with Gasteiger partial charge in [0.1, 0.15) is 0 Å². The third kappa shape index (κ3) is 3.63. The van der Waals surface area contributed by atoms with Crippen molar-refractivity contribution in [2.45, 2.75) is 13.0 Å². The molecule has 2 aromatic rings. The molecule has 0 saturated heterocycles. The Morgan fingerprint density at radius 1 is 1.16 bits per heavy atom. The minimum atomic E-state index is -0.592. The van der Waals surface area contributed by atoms with Crippen molar-refractivity contribution in [1.29, 1.82) is 0 Å². The Labute approximate surface area is 112 Å². The van der Waals surface area contributed by atoms with Crippen molar-refractivity contribution in [2.75, 3.05) is 7.11 Å². The van der Waals surface area contributed by atoms with Crippen LogP contribution in [0.15, 0.2) is 42.5 Å². The van der Waals surface area contributed by atoms with Crippen molar-refractivity contribution in [3.05, 3.63) is 48.0 Å². The number of fused-ring (bicyclic) bond motifs is 1. The molecule has 1 atom stereocenters. The van der Waals surface area contributed by atoms with Gasteiger partial charge in [-0.1, -0.05) is 42.5 Å². The lowest BCUT2D eigenvalue weighted by Gasteiger charge is -2.14. The van der Waals surface area contributed by atoms with Crippen LogP contribution in [0, 0.1) is 0 Å². The summed E-state index contributed by atoms with van der Waals surface area (Å²) in [6.45, 7) is 1.86. The van der Waals surface area contributed by atoms with Crippen molar-refractivity contribution < 1.29 is 14.7 Å². The molecular formula is C15H17NO3. The number of hydrogen-bond donors (Lipinski definition) is 2. The standard InChI is InChI=1S/C14H13NO2.CH4O/c1-10(15-14(17)9-16)12-8-4-6-11-5-2-3-7-13(11)12;1-2/h2-10H,1H3,(H,15,17);2H,1H3. The van der Waals surface area contributed by atoms with E-state index < -0.39 is 5.91 Å². The van der Waals surface area contributed by atoms with Crippen LogP contribution in [0.5, 0.6) is 0 Å². The van der Waals surface area contributed by atoms with Crippen molar-refractivity contribution in [1.82, 2.24) is 5.32 Å². The molecule has 2 N–H and O–H groups in total. The molecule has 2 rings (SSSR count). The van der Waals surface area contributed by atoms with E-state index in [4.69, 9.17) is 5.11 Å². The fourth-order valence-corrected chi connectivity index (χ4v) is 1.95. The molecule has 0 aliphatic rings. The van der Waals surface area contributed by atoms with Crippen LogP contribution < -0.4 is 5.32 Å². The number of aliphatic hydroxyl groups excluding tert-OH is 1. The molecule has 0 aliphatic heterocycles. The third-order valence-electron chi connectivity index (χ3n) is 2.76. The largest absolute Gasteiger partial charge is 0.400 e. The molecule has 0 bridgehead atoms. The molecule has 19 heavy (non-hydrogen) atoms. The molecule has 0 radical (unpaired) electrons. The van der Waals surface area contributed by atoms with E-state index in [2.05, 4.69) is 5.32 Å². The molecule has 2 aromatic carbocycles. The summed E-state index contributed by atoms with van der Waals surface area (Å²) >= 11 is 0. The highest BCUT2D eigenvalue weighted by molar-refractivity contribution is 6.23. The van der Waals surface area contributed by atoms with E-state index in [1.807, 2.05) is 49.4 Å². The molecule has 1 unspecified atom stereocenters. The molecule has 0 heterocycles. The summed E-state index contributed by atoms with van der Waals surface area (Å²) in [6.07, 6.45) is 0.293. The van der Waals surface area contributed by atoms with Gasteiger partial charge in [-0.05, 0) is 23.3 Å². The van der Waals surface area contributed by atoms with Gasteiger partial charge in [0.15, 0.2) is 0 Å². The van der Waals surface area contributed by atoms with Crippen LogP contribution in [0.4, 0.5) is 0 Å². The first kappa shape index (κ1) is 14.9. The Morgan fingerprint density at radius 3 is 2.47 bits per heavy atom. The van der Waals surface area contributed by atoms with Gasteiger partial charge in [-0.3, -0.25) is 9.59 Å². The summed E-state index contributed by atoms with van der Waals surface area (Å²) in [4.78, 5) is 21.4. The number of benzene rings is 2. The van der Waals surface area contributed by atoms with Gasteiger partial charge in [0.2, 0.25) is 6.29 Å². The summed E-state index contributed by atoms with van der Waals surface area (Å²) in [6, 6.07) is 13.7. The number of amides is 1. The predicted molar refractivity (Wildman–Crippen MR) is 74.7 cm³/mol. The number of rotatable bonds is 3. The Balaban J connectivity index is 0.000000861. The van der Waals surface area contributed by atoms with Gasteiger partial charge in [-0.2, -0.15) is 0 Å². The number of aliphatic hydroxyl groups is 1. The highest BCUT2D eigenvalue weighted by atomic mass is 16.2. The van der Waals surface area contributed by atoms with Gasteiger partial charge in [-0.25, -0.2) is 0 Å². The van der Waals surface area contributed by atoms with Crippen LogP contribution in [0.3, 0.4) is 0 Å². The molecule has 100 valence electrons. The van der Waals surface area contributed by atoms with Crippen LogP contribution in [0.1, 0.15) is 18.5 Å². The quantitative estimate of drug-likeness (QED) is 0.652. The number of carbonyl (C=O) groups is 2. The molecular weight excluding hydrogens is 242 g/mol. The Bertz CT molecular complexity index is 561. The zero-order chi connectivity index (χ0) is 14.3. The van der Waals surface area contributed by atoms with Crippen molar-refractivity contribution in [3.63, 3.8) is 0 Å². The van der Waals surface area contributed by atoms with Crippen LogP contribution in [-0.2, 0) is 9.59 Å². The van der Waals surface area contributed by atoms with Gasteiger partial charge >= 0.3 is 0 Å².